The van der Waals surface area contributed by atoms with Gasteiger partial charge in [0.15, 0.2) is 0 Å². The fraction of sp³-hybridized carbons (Fsp3) is 0.526. The van der Waals surface area contributed by atoms with E-state index >= 15 is 0 Å². The van der Waals surface area contributed by atoms with Gasteiger partial charge in [-0.25, -0.2) is 4.98 Å². The lowest BCUT2D eigenvalue weighted by Crippen LogP contribution is -2.35. The van der Waals surface area contributed by atoms with E-state index in [4.69, 9.17) is 5.73 Å². The minimum atomic E-state index is -0.468. The van der Waals surface area contributed by atoms with E-state index in [1.54, 1.807) is 12.1 Å². The fourth-order valence-corrected chi connectivity index (χ4v) is 4.23. The summed E-state index contributed by atoms with van der Waals surface area (Å²) in [5.41, 5.74) is 7.33. The first-order valence-corrected chi connectivity index (χ1v) is 9.20. The summed E-state index contributed by atoms with van der Waals surface area (Å²) in [6.45, 7) is 1.50. The molecular formula is C19H24N4O2. The average Bonchev–Trinajstić information content (AvgIpc) is 3.28. The Labute approximate surface area is 146 Å². The van der Waals surface area contributed by atoms with Crippen LogP contribution in [0, 0.1) is 5.92 Å². The monoisotopic (exact) mass is 340 g/mol. The molecule has 0 bridgehead atoms. The van der Waals surface area contributed by atoms with Crippen molar-refractivity contribution in [3.05, 3.63) is 29.6 Å². The second-order valence-corrected chi connectivity index (χ2v) is 7.29. The van der Waals surface area contributed by atoms with Gasteiger partial charge in [0.25, 0.3) is 5.91 Å². The second kappa shape index (κ2) is 6.50. The molecule has 2 aromatic rings. The number of nitrogens with one attached hydrogen (secondary N) is 1. The molecule has 1 saturated heterocycles. The number of hydrogen-bond acceptors (Lipinski definition) is 3. The Morgan fingerprint density at radius 2 is 1.96 bits per heavy atom. The lowest BCUT2D eigenvalue weighted by Gasteiger charge is -2.26. The quantitative estimate of drug-likeness (QED) is 0.899. The molecule has 1 aliphatic carbocycles. The SMILES string of the molecule is NC(=O)c1cccc2[nH]c([C@H]3CCN(C(=O)C4CCCCC4)C3)nc12. The summed E-state index contributed by atoms with van der Waals surface area (Å²) in [5.74, 6) is 1.10. The molecule has 2 aliphatic rings. The Kier molecular flexibility index (Phi) is 4.19. The van der Waals surface area contributed by atoms with Crippen LogP contribution in [-0.4, -0.2) is 39.8 Å². The highest BCUT2D eigenvalue weighted by Gasteiger charge is 2.33. The molecule has 6 nitrogen and oxygen atoms in total. The van der Waals surface area contributed by atoms with E-state index in [1.807, 2.05) is 11.0 Å². The molecule has 6 heteroatoms. The van der Waals surface area contributed by atoms with Gasteiger partial charge in [0, 0.05) is 24.9 Å². The predicted octanol–water partition coefficient (Wildman–Crippen LogP) is 2.56. The van der Waals surface area contributed by atoms with Crippen LogP contribution in [0.5, 0.6) is 0 Å². The minimum absolute atomic E-state index is 0.195. The highest BCUT2D eigenvalue weighted by molar-refractivity contribution is 6.04. The first-order chi connectivity index (χ1) is 12.1. The number of primary amides is 1. The number of likely N-dealkylation sites (tertiary alicyclic amines) is 1. The molecule has 1 atom stereocenters. The maximum Gasteiger partial charge on any atom is 0.250 e. The van der Waals surface area contributed by atoms with Crippen molar-refractivity contribution in [3.63, 3.8) is 0 Å². The lowest BCUT2D eigenvalue weighted by atomic mass is 9.88. The summed E-state index contributed by atoms with van der Waals surface area (Å²) in [5, 5.41) is 0. The first kappa shape index (κ1) is 16.1. The smallest absolute Gasteiger partial charge is 0.250 e. The van der Waals surface area contributed by atoms with E-state index in [9.17, 15) is 9.59 Å². The van der Waals surface area contributed by atoms with Crippen LogP contribution in [0.3, 0.4) is 0 Å². The number of nitrogens with two attached hydrogens (primary N) is 1. The van der Waals surface area contributed by atoms with Gasteiger partial charge in [0.1, 0.15) is 11.3 Å². The number of benzene rings is 1. The third kappa shape index (κ3) is 3.01. The fourth-order valence-electron chi connectivity index (χ4n) is 4.23. The Morgan fingerprint density at radius 1 is 1.16 bits per heavy atom. The molecule has 4 rings (SSSR count). The van der Waals surface area contributed by atoms with Gasteiger partial charge < -0.3 is 15.6 Å². The predicted molar refractivity (Wildman–Crippen MR) is 95.1 cm³/mol. The molecule has 1 saturated carbocycles. The van der Waals surface area contributed by atoms with Crippen molar-refractivity contribution in [2.75, 3.05) is 13.1 Å². The van der Waals surface area contributed by atoms with Crippen molar-refractivity contribution in [2.45, 2.75) is 44.4 Å². The number of aromatic amines is 1. The van der Waals surface area contributed by atoms with Crippen LogP contribution in [0.4, 0.5) is 0 Å². The third-order valence-corrected chi connectivity index (χ3v) is 5.64. The Hall–Kier alpha value is -2.37. The van der Waals surface area contributed by atoms with Crippen LogP contribution in [-0.2, 0) is 4.79 Å². The van der Waals surface area contributed by atoms with Gasteiger partial charge in [0.2, 0.25) is 5.91 Å². The van der Waals surface area contributed by atoms with E-state index in [-0.39, 0.29) is 11.8 Å². The number of H-pyrrole nitrogens is 1. The number of carbonyl (C=O) groups excluding carboxylic acids is 2. The Balaban J connectivity index is 1.51. The van der Waals surface area contributed by atoms with Crippen LogP contribution in [0.25, 0.3) is 11.0 Å². The number of nitrogens with zero attached hydrogens (tertiary/aromatic N) is 2. The summed E-state index contributed by atoms with van der Waals surface area (Å²) in [4.78, 5) is 34.2. The maximum absolute atomic E-state index is 12.7. The Morgan fingerprint density at radius 3 is 2.72 bits per heavy atom. The molecule has 0 radical (unpaired) electrons. The standard InChI is InChI=1S/C19H24N4O2/c20-17(24)14-7-4-8-15-16(14)22-18(21-15)13-9-10-23(11-13)19(25)12-5-2-1-3-6-12/h4,7-8,12-13H,1-3,5-6,9-11H2,(H2,20,24)(H,21,22)/t13-/m0/s1. The molecular weight excluding hydrogens is 316 g/mol. The summed E-state index contributed by atoms with van der Waals surface area (Å²) < 4.78 is 0. The number of hydrogen-bond donors (Lipinski definition) is 2. The normalized spacial score (nSPS) is 21.8. The molecule has 1 aromatic carbocycles. The van der Waals surface area contributed by atoms with Crippen molar-refractivity contribution in [2.24, 2.45) is 11.7 Å². The summed E-state index contributed by atoms with van der Waals surface area (Å²) >= 11 is 0. The molecule has 2 fully saturated rings. The van der Waals surface area contributed by atoms with Crippen molar-refractivity contribution < 1.29 is 9.59 Å². The van der Waals surface area contributed by atoms with Crippen LogP contribution in [0.2, 0.25) is 0 Å². The van der Waals surface area contributed by atoms with Gasteiger partial charge in [-0.15, -0.1) is 0 Å². The second-order valence-electron chi connectivity index (χ2n) is 7.29. The van der Waals surface area contributed by atoms with Gasteiger partial charge in [-0.05, 0) is 31.4 Å². The number of imidazole rings is 1. The van der Waals surface area contributed by atoms with E-state index in [0.717, 1.165) is 37.1 Å². The van der Waals surface area contributed by atoms with Crippen molar-refractivity contribution in [1.82, 2.24) is 14.9 Å². The number of aromatic nitrogens is 2. The van der Waals surface area contributed by atoms with Gasteiger partial charge in [0.05, 0.1) is 11.1 Å². The lowest BCUT2D eigenvalue weighted by molar-refractivity contribution is -0.135. The molecule has 0 unspecified atom stereocenters. The van der Waals surface area contributed by atoms with Crippen LogP contribution >= 0.6 is 0 Å². The number of fused-ring (bicyclic) bond motifs is 1. The molecule has 2 amide bonds. The number of carbonyl (C=O) groups is 2. The highest BCUT2D eigenvalue weighted by Crippen LogP contribution is 2.31. The zero-order chi connectivity index (χ0) is 17.4. The molecule has 25 heavy (non-hydrogen) atoms. The molecule has 132 valence electrons. The maximum atomic E-state index is 12.7. The Bertz CT molecular complexity index is 807. The molecule has 0 spiro atoms. The summed E-state index contributed by atoms with van der Waals surface area (Å²) in [7, 11) is 0. The summed E-state index contributed by atoms with van der Waals surface area (Å²) in [6, 6.07) is 5.40. The van der Waals surface area contributed by atoms with Crippen molar-refractivity contribution in [1.29, 1.82) is 0 Å². The molecule has 1 aliphatic heterocycles. The number of rotatable bonds is 3. The highest BCUT2D eigenvalue weighted by atomic mass is 16.2. The van der Waals surface area contributed by atoms with Gasteiger partial charge in [-0.2, -0.15) is 0 Å². The van der Waals surface area contributed by atoms with Gasteiger partial charge in [-0.3, -0.25) is 9.59 Å². The van der Waals surface area contributed by atoms with E-state index < -0.39 is 5.91 Å². The first-order valence-electron chi connectivity index (χ1n) is 9.20. The minimum Gasteiger partial charge on any atom is -0.366 e. The topological polar surface area (TPSA) is 92.1 Å². The number of para-hydroxylation sites is 1. The van der Waals surface area contributed by atoms with Gasteiger partial charge >= 0.3 is 0 Å². The largest absolute Gasteiger partial charge is 0.366 e. The van der Waals surface area contributed by atoms with Crippen LogP contribution in [0.15, 0.2) is 18.2 Å². The van der Waals surface area contributed by atoms with E-state index in [0.29, 0.717) is 23.5 Å². The molecule has 3 N–H and O–H groups in total. The van der Waals surface area contributed by atoms with Crippen molar-refractivity contribution >= 4 is 22.8 Å². The zero-order valence-electron chi connectivity index (χ0n) is 14.3. The van der Waals surface area contributed by atoms with Crippen LogP contribution < -0.4 is 5.73 Å². The molecule has 1 aromatic heterocycles. The average molecular weight is 340 g/mol. The summed E-state index contributed by atoms with van der Waals surface area (Å²) in [6.07, 6.45) is 6.58. The van der Waals surface area contributed by atoms with Gasteiger partial charge in [-0.1, -0.05) is 25.3 Å². The number of amides is 2. The molecule has 2 heterocycles. The third-order valence-electron chi connectivity index (χ3n) is 5.64. The zero-order valence-corrected chi connectivity index (χ0v) is 14.3. The van der Waals surface area contributed by atoms with Crippen LogP contribution in [0.1, 0.15) is 60.6 Å². The van der Waals surface area contributed by atoms with Crippen molar-refractivity contribution in [3.8, 4) is 0 Å². The van der Waals surface area contributed by atoms with E-state index in [2.05, 4.69) is 9.97 Å². The van der Waals surface area contributed by atoms with E-state index in [1.165, 1.54) is 19.3 Å².